The normalized spacial score (nSPS) is 17.0. The third kappa shape index (κ3) is 3.11. The van der Waals surface area contributed by atoms with E-state index in [4.69, 9.17) is 0 Å². The van der Waals surface area contributed by atoms with E-state index < -0.39 is 10.0 Å². The van der Waals surface area contributed by atoms with Crippen molar-refractivity contribution in [3.05, 3.63) is 52.9 Å². The Morgan fingerprint density at radius 2 is 1.96 bits per heavy atom. The summed E-state index contributed by atoms with van der Waals surface area (Å²) in [4.78, 5) is 14.3. The number of thiophene rings is 1. The molecule has 24 heavy (non-hydrogen) atoms. The summed E-state index contributed by atoms with van der Waals surface area (Å²) < 4.78 is 26.3. The van der Waals surface area contributed by atoms with E-state index in [0.717, 1.165) is 34.0 Å². The second-order valence-corrected chi connectivity index (χ2v) is 9.17. The molecule has 0 fully saturated rings. The van der Waals surface area contributed by atoms with Gasteiger partial charge in [0.25, 0.3) is 10.0 Å². The monoisotopic (exact) mass is 364 g/mol. The van der Waals surface area contributed by atoms with E-state index in [1.54, 1.807) is 29.5 Å². The molecule has 0 spiro atoms. The van der Waals surface area contributed by atoms with Crippen molar-refractivity contribution in [2.75, 3.05) is 20.6 Å². The zero-order chi connectivity index (χ0) is 17.3. The highest BCUT2D eigenvalue weighted by Crippen LogP contribution is 2.34. The second-order valence-electron chi connectivity index (χ2n) is 5.95. The molecule has 0 radical (unpaired) electrons. The maximum Gasteiger partial charge on any atom is 0.252 e. The van der Waals surface area contributed by atoms with Gasteiger partial charge in [-0.2, -0.15) is 4.31 Å². The Balaban J connectivity index is 1.71. The van der Waals surface area contributed by atoms with Gasteiger partial charge >= 0.3 is 0 Å². The minimum Gasteiger partial charge on any atom is -0.338 e. The van der Waals surface area contributed by atoms with Gasteiger partial charge in [0.05, 0.1) is 12.6 Å². The summed E-state index contributed by atoms with van der Waals surface area (Å²) in [7, 11) is -0.405. The van der Waals surface area contributed by atoms with E-state index in [9.17, 15) is 13.2 Å². The first-order chi connectivity index (χ1) is 11.4. The van der Waals surface area contributed by atoms with Gasteiger partial charge in [-0.3, -0.25) is 4.79 Å². The molecule has 1 aliphatic rings. The van der Waals surface area contributed by atoms with Crippen molar-refractivity contribution < 1.29 is 13.2 Å². The zero-order valence-electron chi connectivity index (χ0n) is 13.7. The number of sulfonamides is 1. The van der Waals surface area contributed by atoms with E-state index in [1.807, 2.05) is 18.2 Å². The lowest BCUT2D eigenvalue weighted by Gasteiger charge is -2.27. The number of aryl methyl sites for hydroxylation is 1. The molecule has 1 amide bonds. The number of likely N-dealkylation sites (N-methyl/N-ethyl adjacent to an activating group) is 2. The van der Waals surface area contributed by atoms with Crippen molar-refractivity contribution >= 4 is 27.3 Å². The van der Waals surface area contributed by atoms with Crippen molar-refractivity contribution in [2.45, 2.75) is 23.1 Å². The van der Waals surface area contributed by atoms with Gasteiger partial charge in [0.15, 0.2) is 0 Å². The fourth-order valence-electron chi connectivity index (χ4n) is 3.06. The quantitative estimate of drug-likeness (QED) is 0.819. The number of nitrogens with zero attached hydrogens (tertiary/aromatic N) is 2. The highest BCUT2D eigenvalue weighted by atomic mass is 32.2. The molecule has 3 rings (SSSR count). The Kier molecular flexibility index (Phi) is 4.76. The minimum atomic E-state index is -3.60. The fourth-order valence-corrected chi connectivity index (χ4v) is 5.38. The van der Waals surface area contributed by atoms with Crippen LogP contribution in [0.25, 0.3) is 0 Å². The molecule has 1 aromatic carbocycles. The molecule has 1 aliphatic carbocycles. The first kappa shape index (κ1) is 17.1. The lowest BCUT2D eigenvalue weighted by Crippen LogP contribution is -2.40. The average molecular weight is 364 g/mol. The van der Waals surface area contributed by atoms with Crippen LogP contribution in [0.15, 0.2) is 46.0 Å². The largest absolute Gasteiger partial charge is 0.338 e. The van der Waals surface area contributed by atoms with Crippen LogP contribution in [0.2, 0.25) is 0 Å². The van der Waals surface area contributed by atoms with Gasteiger partial charge in [-0.25, -0.2) is 8.42 Å². The number of hydrogen-bond donors (Lipinski definition) is 0. The number of rotatable bonds is 5. The SMILES string of the molecule is CN(C(=O)CN(C)S(=O)(=O)c1cccs1)C1CCc2ccccc21. The number of benzene rings is 1. The molecule has 128 valence electrons. The van der Waals surface area contributed by atoms with Crippen LogP contribution >= 0.6 is 11.3 Å². The molecule has 2 aromatic rings. The molecule has 1 unspecified atom stereocenters. The Labute approximate surface area is 146 Å². The molecule has 1 atom stereocenters. The van der Waals surface area contributed by atoms with Crippen LogP contribution in [0.3, 0.4) is 0 Å². The van der Waals surface area contributed by atoms with Gasteiger partial charge in [-0.15, -0.1) is 11.3 Å². The maximum atomic E-state index is 12.6. The van der Waals surface area contributed by atoms with Crippen molar-refractivity contribution in [1.29, 1.82) is 0 Å². The molecule has 1 heterocycles. The molecular formula is C17H20N2O3S2. The Morgan fingerprint density at radius 3 is 2.67 bits per heavy atom. The van der Waals surface area contributed by atoms with Gasteiger partial charge in [0.2, 0.25) is 5.91 Å². The average Bonchev–Trinajstić information content (AvgIpc) is 3.23. The zero-order valence-corrected chi connectivity index (χ0v) is 15.3. The van der Waals surface area contributed by atoms with Crippen molar-refractivity contribution in [2.24, 2.45) is 0 Å². The van der Waals surface area contributed by atoms with Gasteiger partial charge in [-0.1, -0.05) is 30.3 Å². The standard InChI is InChI=1S/C17H20N2O3S2/c1-18(24(21,22)17-8-5-11-23-17)12-16(20)19(2)15-10-9-13-6-3-4-7-14(13)15/h3-8,11,15H,9-10,12H2,1-2H3. The number of fused-ring (bicyclic) bond motifs is 1. The Hall–Kier alpha value is -1.70. The summed E-state index contributed by atoms with van der Waals surface area (Å²) in [6.07, 6.45) is 1.82. The highest BCUT2D eigenvalue weighted by molar-refractivity contribution is 7.91. The number of carbonyl (C=O) groups excluding carboxylic acids is 1. The summed E-state index contributed by atoms with van der Waals surface area (Å²) in [6.45, 7) is -0.157. The molecular weight excluding hydrogens is 344 g/mol. The van der Waals surface area contributed by atoms with E-state index >= 15 is 0 Å². The topological polar surface area (TPSA) is 57.7 Å². The molecule has 0 saturated carbocycles. The molecule has 0 N–H and O–H groups in total. The minimum absolute atomic E-state index is 0.0199. The van der Waals surface area contributed by atoms with Crippen LogP contribution in [0.4, 0.5) is 0 Å². The second kappa shape index (κ2) is 6.66. The smallest absolute Gasteiger partial charge is 0.252 e. The van der Waals surface area contributed by atoms with Crippen molar-refractivity contribution in [1.82, 2.24) is 9.21 Å². The lowest BCUT2D eigenvalue weighted by molar-refractivity contribution is -0.132. The van der Waals surface area contributed by atoms with Crippen LogP contribution in [-0.4, -0.2) is 44.2 Å². The summed E-state index contributed by atoms with van der Waals surface area (Å²) >= 11 is 1.16. The summed E-state index contributed by atoms with van der Waals surface area (Å²) in [5.74, 6) is -0.195. The first-order valence-electron chi connectivity index (χ1n) is 7.74. The van der Waals surface area contributed by atoms with Gasteiger partial charge in [0.1, 0.15) is 4.21 Å². The number of hydrogen-bond acceptors (Lipinski definition) is 4. The van der Waals surface area contributed by atoms with Gasteiger partial charge < -0.3 is 4.90 Å². The molecule has 0 saturated heterocycles. The van der Waals surface area contributed by atoms with Crippen molar-refractivity contribution in [3.63, 3.8) is 0 Å². The predicted molar refractivity (Wildman–Crippen MR) is 94.4 cm³/mol. The van der Waals surface area contributed by atoms with Gasteiger partial charge in [0, 0.05) is 14.1 Å². The van der Waals surface area contributed by atoms with Crippen LogP contribution in [-0.2, 0) is 21.2 Å². The van der Waals surface area contributed by atoms with Gasteiger partial charge in [-0.05, 0) is 35.4 Å². The van der Waals surface area contributed by atoms with Crippen LogP contribution in [0.1, 0.15) is 23.6 Å². The third-order valence-electron chi connectivity index (χ3n) is 4.48. The summed E-state index contributed by atoms with van der Waals surface area (Å²) in [6, 6.07) is 11.4. The summed E-state index contributed by atoms with van der Waals surface area (Å²) in [5.41, 5.74) is 2.43. The number of carbonyl (C=O) groups is 1. The first-order valence-corrected chi connectivity index (χ1v) is 10.1. The Morgan fingerprint density at radius 1 is 1.21 bits per heavy atom. The van der Waals surface area contributed by atoms with Crippen molar-refractivity contribution in [3.8, 4) is 0 Å². The number of amides is 1. The molecule has 7 heteroatoms. The van der Waals surface area contributed by atoms with Crippen LogP contribution < -0.4 is 0 Å². The molecule has 1 aromatic heterocycles. The Bertz CT molecular complexity index is 831. The van der Waals surface area contributed by atoms with E-state index in [2.05, 4.69) is 6.07 Å². The third-order valence-corrected chi connectivity index (χ3v) is 7.66. The van der Waals surface area contributed by atoms with Crippen LogP contribution in [0.5, 0.6) is 0 Å². The van der Waals surface area contributed by atoms with E-state index in [0.29, 0.717) is 0 Å². The van der Waals surface area contributed by atoms with Crippen LogP contribution in [0, 0.1) is 0 Å². The fraction of sp³-hybridized carbons (Fsp3) is 0.353. The maximum absolute atomic E-state index is 12.6. The van der Waals surface area contributed by atoms with E-state index in [-0.39, 0.29) is 22.7 Å². The predicted octanol–water partition coefficient (Wildman–Crippen LogP) is 2.51. The highest BCUT2D eigenvalue weighted by Gasteiger charge is 2.31. The molecule has 0 aliphatic heterocycles. The van der Waals surface area contributed by atoms with E-state index in [1.165, 1.54) is 12.6 Å². The molecule has 0 bridgehead atoms. The molecule has 5 nitrogen and oxygen atoms in total. The lowest BCUT2D eigenvalue weighted by atomic mass is 10.1. The summed E-state index contributed by atoms with van der Waals surface area (Å²) in [5, 5.41) is 1.71.